The predicted molar refractivity (Wildman–Crippen MR) is 63.0 cm³/mol. The zero-order chi connectivity index (χ0) is 12.3. The minimum Gasteiger partial charge on any atom is -0.399 e. The summed E-state index contributed by atoms with van der Waals surface area (Å²) in [6.07, 6.45) is 2.99. The molecule has 0 radical (unpaired) electrons. The van der Waals surface area contributed by atoms with Crippen molar-refractivity contribution in [3.05, 3.63) is 54.1 Å². The van der Waals surface area contributed by atoms with E-state index in [1.165, 1.54) is 24.5 Å². The smallest absolute Gasteiger partial charge is 0.255 e. The maximum Gasteiger partial charge on any atom is 0.255 e. The summed E-state index contributed by atoms with van der Waals surface area (Å²) in [5.74, 6) is -0.955. The molecule has 0 saturated carbocycles. The molecular weight excluding hydrogens is 221 g/mol. The van der Waals surface area contributed by atoms with Crippen LogP contribution in [-0.4, -0.2) is 10.9 Å². The summed E-state index contributed by atoms with van der Waals surface area (Å²) in [6, 6.07) is 7.19. The second-order valence-corrected chi connectivity index (χ2v) is 3.43. The number of carbonyl (C=O) groups is 1. The van der Waals surface area contributed by atoms with Crippen LogP contribution in [0.25, 0.3) is 0 Å². The van der Waals surface area contributed by atoms with Gasteiger partial charge in [-0.3, -0.25) is 9.78 Å². The van der Waals surface area contributed by atoms with Crippen LogP contribution in [0.2, 0.25) is 0 Å². The van der Waals surface area contributed by atoms with Crippen molar-refractivity contribution < 1.29 is 9.18 Å². The Hall–Kier alpha value is -2.43. The molecule has 0 unspecified atom stereocenters. The van der Waals surface area contributed by atoms with E-state index in [1.54, 1.807) is 12.1 Å². The summed E-state index contributed by atoms with van der Waals surface area (Å²) < 4.78 is 13.4. The standard InChI is InChI=1S/C12H10FN3O/c13-10-7-9(14)1-2-11(10)16-12(17)8-3-5-15-6-4-8/h1-7H,14H2,(H,16,17). The van der Waals surface area contributed by atoms with Gasteiger partial charge in [0, 0.05) is 23.6 Å². The second-order valence-electron chi connectivity index (χ2n) is 3.43. The van der Waals surface area contributed by atoms with Crippen molar-refractivity contribution in [1.82, 2.24) is 4.98 Å². The van der Waals surface area contributed by atoms with E-state index in [2.05, 4.69) is 10.3 Å². The van der Waals surface area contributed by atoms with Crippen LogP contribution in [0.4, 0.5) is 15.8 Å². The number of amides is 1. The number of hydrogen-bond donors (Lipinski definition) is 2. The summed E-state index contributed by atoms with van der Waals surface area (Å²) in [6.45, 7) is 0. The highest BCUT2D eigenvalue weighted by molar-refractivity contribution is 6.04. The molecular formula is C12H10FN3O. The van der Waals surface area contributed by atoms with Crippen molar-refractivity contribution in [1.29, 1.82) is 0 Å². The average Bonchev–Trinajstić information content (AvgIpc) is 2.34. The lowest BCUT2D eigenvalue weighted by Gasteiger charge is -2.06. The molecule has 1 amide bonds. The van der Waals surface area contributed by atoms with Crippen LogP contribution in [0.15, 0.2) is 42.7 Å². The van der Waals surface area contributed by atoms with E-state index in [9.17, 15) is 9.18 Å². The van der Waals surface area contributed by atoms with Gasteiger partial charge in [0.1, 0.15) is 5.82 Å². The summed E-state index contributed by atoms with van der Waals surface area (Å²) in [5, 5.41) is 2.46. The molecule has 0 saturated heterocycles. The van der Waals surface area contributed by atoms with E-state index in [-0.39, 0.29) is 5.69 Å². The minimum absolute atomic E-state index is 0.0982. The minimum atomic E-state index is -0.563. The molecule has 0 aliphatic rings. The van der Waals surface area contributed by atoms with E-state index in [0.29, 0.717) is 11.3 Å². The van der Waals surface area contributed by atoms with Crippen molar-refractivity contribution in [2.45, 2.75) is 0 Å². The monoisotopic (exact) mass is 231 g/mol. The molecule has 0 bridgehead atoms. The van der Waals surface area contributed by atoms with Crippen LogP contribution in [0, 0.1) is 5.82 Å². The van der Waals surface area contributed by atoms with E-state index < -0.39 is 11.7 Å². The van der Waals surface area contributed by atoms with Crippen LogP contribution in [0.1, 0.15) is 10.4 Å². The lowest BCUT2D eigenvalue weighted by Crippen LogP contribution is -2.13. The number of nitrogens with zero attached hydrogens (tertiary/aromatic N) is 1. The lowest BCUT2D eigenvalue weighted by molar-refractivity contribution is 0.102. The normalized spacial score (nSPS) is 9.94. The van der Waals surface area contributed by atoms with Gasteiger partial charge < -0.3 is 11.1 Å². The number of nitrogens with two attached hydrogens (primary N) is 1. The fourth-order valence-corrected chi connectivity index (χ4v) is 1.33. The largest absolute Gasteiger partial charge is 0.399 e. The third-order valence-electron chi connectivity index (χ3n) is 2.18. The Morgan fingerprint density at radius 2 is 1.94 bits per heavy atom. The van der Waals surface area contributed by atoms with Crippen molar-refractivity contribution in [2.24, 2.45) is 0 Å². The first kappa shape index (κ1) is 11.1. The van der Waals surface area contributed by atoms with Gasteiger partial charge in [-0.05, 0) is 30.3 Å². The summed E-state index contributed by atoms with van der Waals surface area (Å²) in [4.78, 5) is 15.5. The molecule has 4 nitrogen and oxygen atoms in total. The molecule has 1 aromatic heterocycles. The quantitative estimate of drug-likeness (QED) is 0.777. The molecule has 5 heteroatoms. The Kier molecular flexibility index (Phi) is 3.00. The van der Waals surface area contributed by atoms with Gasteiger partial charge in [0.15, 0.2) is 0 Å². The van der Waals surface area contributed by atoms with Crippen LogP contribution < -0.4 is 11.1 Å². The predicted octanol–water partition coefficient (Wildman–Crippen LogP) is 2.06. The van der Waals surface area contributed by atoms with Crippen LogP contribution in [0.3, 0.4) is 0 Å². The first-order valence-corrected chi connectivity index (χ1v) is 4.93. The van der Waals surface area contributed by atoms with Gasteiger partial charge in [-0.1, -0.05) is 0 Å². The maximum absolute atomic E-state index is 13.4. The molecule has 1 heterocycles. The van der Waals surface area contributed by atoms with Crippen molar-refractivity contribution in [3.8, 4) is 0 Å². The van der Waals surface area contributed by atoms with Gasteiger partial charge >= 0.3 is 0 Å². The Balaban J connectivity index is 2.19. The number of rotatable bonds is 2. The highest BCUT2D eigenvalue weighted by atomic mass is 19.1. The Labute approximate surface area is 97.3 Å². The third-order valence-corrected chi connectivity index (χ3v) is 2.18. The molecule has 1 aromatic carbocycles. The van der Waals surface area contributed by atoms with Crippen LogP contribution in [-0.2, 0) is 0 Å². The highest BCUT2D eigenvalue weighted by Gasteiger charge is 2.08. The fraction of sp³-hybridized carbons (Fsp3) is 0. The highest BCUT2D eigenvalue weighted by Crippen LogP contribution is 2.17. The number of aromatic nitrogens is 1. The Bertz CT molecular complexity index is 543. The molecule has 3 N–H and O–H groups in total. The molecule has 0 fully saturated rings. The number of nitrogen functional groups attached to an aromatic ring is 1. The van der Waals surface area contributed by atoms with E-state index in [4.69, 9.17) is 5.73 Å². The van der Waals surface area contributed by atoms with E-state index >= 15 is 0 Å². The fourth-order valence-electron chi connectivity index (χ4n) is 1.33. The zero-order valence-corrected chi connectivity index (χ0v) is 8.85. The summed E-state index contributed by atoms with van der Waals surface area (Å²) >= 11 is 0. The lowest BCUT2D eigenvalue weighted by atomic mass is 10.2. The first-order valence-electron chi connectivity index (χ1n) is 4.93. The molecule has 2 rings (SSSR count). The van der Waals surface area contributed by atoms with Gasteiger partial charge in [0.25, 0.3) is 5.91 Å². The number of halogens is 1. The number of pyridine rings is 1. The Morgan fingerprint density at radius 3 is 2.59 bits per heavy atom. The molecule has 0 aliphatic heterocycles. The summed E-state index contributed by atoms with van der Waals surface area (Å²) in [7, 11) is 0. The molecule has 2 aromatic rings. The third kappa shape index (κ3) is 2.57. The van der Waals surface area contributed by atoms with Crippen molar-refractivity contribution in [3.63, 3.8) is 0 Å². The SMILES string of the molecule is Nc1ccc(NC(=O)c2ccncc2)c(F)c1. The summed E-state index contributed by atoms with van der Waals surface area (Å²) in [5.41, 5.74) is 6.23. The van der Waals surface area contributed by atoms with Gasteiger partial charge in [0.2, 0.25) is 0 Å². The van der Waals surface area contributed by atoms with Crippen molar-refractivity contribution in [2.75, 3.05) is 11.1 Å². The van der Waals surface area contributed by atoms with Crippen LogP contribution >= 0.6 is 0 Å². The van der Waals surface area contributed by atoms with Gasteiger partial charge in [-0.15, -0.1) is 0 Å². The van der Waals surface area contributed by atoms with Gasteiger partial charge in [0.05, 0.1) is 5.69 Å². The van der Waals surface area contributed by atoms with Gasteiger partial charge in [-0.2, -0.15) is 0 Å². The topological polar surface area (TPSA) is 68.0 Å². The molecule has 0 atom stereocenters. The number of anilines is 2. The number of hydrogen-bond acceptors (Lipinski definition) is 3. The maximum atomic E-state index is 13.4. The first-order chi connectivity index (χ1) is 8.16. The number of benzene rings is 1. The molecule has 86 valence electrons. The van der Waals surface area contributed by atoms with Crippen LogP contribution in [0.5, 0.6) is 0 Å². The Morgan fingerprint density at radius 1 is 1.24 bits per heavy atom. The second kappa shape index (κ2) is 4.61. The molecule has 17 heavy (non-hydrogen) atoms. The molecule has 0 aliphatic carbocycles. The zero-order valence-electron chi connectivity index (χ0n) is 8.85. The van der Waals surface area contributed by atoms with Gasteiger partial charge in [-0.25, -0.2) is 4.39 Å². The number of carbonyl (C=O) groups excluding carboxylic acids is 1. The molecule has 0 spiro atoms. The average molecular weight is 231 g/mol. The van der Waals surface area contributed by atoms with Crippen molar-refractivity contribution >= 4 is 17.3 Å². The van der Waals surface area contributed by atoms with E-state index in [0.717, 1.165) is 6.07 Å². The number of nitrogens with one attached hydrogen (secondary N) is 1. The van der Waals surface area contributed by atoms with E-state index in [1.807, 2.05) is 0 Å².